The lowest BCUT2D eigenvalue weighted by atomic mass is 10.1. The highest BCUT2D eigenvalue weighted by molar-refractivity contribution is 9.10. The molecule has 0 aliphatic carbocycles. The van der Waals surface area contributed by atoms with Crippen molar-refractivity contribution < 1.29 is 4.92 Å². The molecule has 0 saturated carbocycles. The molecule has 1 rings (SSSR count). The van der Waals surface area contributed by atoms with Crippen LogP contribution in [0.2, 0.25) is 0 Å². The Kier molecular flexibility index (Phi) is 6.12. The average Bonchev–Trinajstić information content (AvgIpc) is 2.29. The van der Waals surface area contributed by atoms with E-state index >= 15 is 0 Å². The maximum Gasteiger partial charge on any atom is 0.293 e. The Morgan fingerprint density at radius 1 is 1.39 bits per heavy atom. The smallest absolute Gasteiger partial charge is 0.293 e. The fourth-order valence-corrected chi connectivity index (χ4v) is 2.05. The Bertz CT molecular complexity index is 408. The van der Waals surface area contributed by atoms with Gasteiger partial charge in [0.05, 0.1) is 4.92 Å². The highest BCUT2D eigenvalue weighted by Gasteiger charge is 2.13. The van der Waals surface area contributed by atoms with Crippen molar-refractivity contribution in [3.63, 3.8) is 0 Å². The average molecular weight is 315 g/mol. The second-order valence-corrected chi connectivity index (χ2v) is 5.65. The summed E-state index contributed by atoms with van der Waals surface area (Å²) in [4.78, 5) is 10.5. The third kappa shape index (κ3) is 5.04. The van der Waals surface area contributed by atoms with Gasteiger partial charge in [-0.25, -0.2) is 0 Å². The van der Waals surface area contributed by atoms with Crippen LogP contribution < -0.4 is 5.32 Å². The molecule has 0 aliphatic rings. The van der Waals surface area contributed by atoms with Crippen LogP contribution in [0.3, 0.4) is 0 Å². The van der Waals surface area contributed by atoms with Crippen LogP contribution in [-0.2, 0) is 0 Å². The van der Waals surface area contributed by atoms with Crippen LogP contribution in [0, 0.1) is 16.0 Å². The highest BCUT2D eigenvalue weighted by atomic mass is 79.9. The molecular weight excluding hydrogens is 296 g/mol. The minimum atomic E-state index is -0.360. The number of halogens is 1. The van der Waals surface area contributed by atoms with E-state index in [2.05, 4.69) is 35.1 Å². The molecule has 0 saturated heterocycles. The minimum Gasteiger partial charge on any atom is -0.379 e. The molecule has 100 valence electrons. The molecule has 0 atom stereocenters. The summed E-state index contributed by atoms with van der Waals surface area (Å²) in [6.07, 6.45) is 3.38. The zero-order chi connectivity index (χ0) is 13.5. The lowest BCUT2D eigenvalue weighted by molar-refractivity contribution is -0.384. The zero-order valence-corrected chi connectivity index (χ0v) is 12.4. The number of nitrogens with one attached hydrogen (secondary N) is 1. The van der Waals surface area contributed by atoms with Crippen molar-refractivity contribution in [3.05, 3.63) is 32.8 Å². The van der Waals surface area contributed by atoms with Gasteiger partial charge in [0.15, 0.2) is 0 Å². The van der Waals surface area contributed by atoms with E-state index in [4.69, 9.17) is 0 Å². The molecular formula is C13H19BrN2O2. The topological polar surface area (TPSA) is 55.2 Å². The molecule has 0 unspecified atom stereocenters. The van der Waals surface area contributed by atoms with Crippen molar-refractivity contribution in [2.75, 3.05) is 11.9 Å². The van der Waals surface area contributed by atoms with Gasteiger partial charge in [0.25, 0.3) is 5.69 Å². The number of hydrogen-bond acceptors (Lipinski definition) is 3. The fourth-order valence-electron chi connectivity index (χ4n) is 1.71. The van der Waals surface area contributed by atoms with E-state index in [9.17, 15) is 10.1 Å². The maximum absolute atomic E-state index is 10.9. The first-order chi connectivity index (χ1) is 8.50. The standard InChI is InChI=1S/C13H19BrN2O2/c1-10(2)5-3-4-8-15-12-7-6-11(14)9-13(12)16(17)18/h6-7,9-10,15H,3-5,8H2,1-2H3. The van der Waals surface area contributed by atoms with Crippen LogP contribution in [-0.4, -0.2) is 11.5 Å². The van der Waals surface area contributed by atoms with E-state index in [1.807, 2.05) is 6.07 Å². The van der Waals surface area contributed by atoms with Gasteiger partial charge in [-0.15, -0.1) is 0 Å². The monoisotopic (exact) mass is 314 g/mol. The molecule has 0 fully saturated rings. The summed E-state index contributed by atoms with van der Waals surface area (Å²) >= 11 is 3.24. The molecule has 1 aromatic carbocycles. The van der Waals surface area contributed by atoms with Crippen molar-refractivity contribution in [1.29, 1.82) is 0 Å². The number of rotatable bonds is 7. The number of hydrogen-bond donors (Lipinski definition) is 1. The molecule has 5 heteroatoms. The van der Waals surface area contributed by atoms with Gasteiger partial charge in [-0.2, -0.15) is 0 Å². The van der Waals surface area contributed by atoms with Crippen molar-refractivity contribution >= 4 is 27.3 Å². The predicted octanol–water partition coefficient (Wildman–Crippen LogP) is 4.60. The van der Waals surface area contributed by atoms with Gasteiger partial charge in [-0.05, 0) is 24.5 Å². The Morgan fingerprint density at radius 2 is 2.11 bits per heavy atom. The van der Waals surface area contributed by atoms with E-state index in [0.717, 1.165) is 23.9 Å². The van der Waals surface area contributed by atoms with Crippen LogP contribution >= 0.6 is 15.9 Å². The second kappa shape index (κ2) is 7.36. The third-order valence-corrected chi connectivity index (χ3v) is 3.17. The minimum absolute atomic E-state index is 0.119. The molecule has 1 aromatic rings. The fraction of sp³-hybridized carbons (Fsp3) is 0.538. The molecule has 1 N–H and O–H groups in total. The maximum atomic E-state index is 10.9. The van der Waals surface area contributed by atoms with Crippen LogP contribution in [0.5, 0.6) is 0 Å². The summed E-state index contributed by atoms with van der Waals surface area (Å²) in [5.41, 5.74) is 0.709. The SMILES string of the molecule is CC(C)CCCCNc1ccc(Br)cc1[N+](=O)[O-]. The summed E-state index contributed by atoms with van der Waals surface area (Å²) < 4.78 is 0.722. The van der Waals surface area contributed by atoms with Crippen molar-refractivity contribution in [2.24, 2.45) is 5.92 Å². The van der Waals surface area contributed by atoms with Crippen molar-refractivity contribution in [2.45, 2.75) is 33.1 Å². The largest absolute Gasteiger partial charge is 0.379 e. The molecule has 0 radical (unpaired) electrons. The van der Waals surface area contributed by atoms with Gasteiger partial charge in [0.1, 0.15) is 5.69 Å². The summed E-state index contributed by atoms with van der Waals surface area (Å²) in [6.45, 7) is 5.18. The molecule has 0 aromatic heterocycles. The van der Waals surface area contributed by atoms with E-state index in [0.29, 0.717) is 11.6 Å². The molecule has 0 heterocycles. The van der Waals surface area contributed by atoms with E-state index in [-0.39, 0.29) is 10.6 Å². The quantitative estimate of drug-likeness (QED) is 0.454. The lowest BCUT2D eigenvalue weighted by Gasteiger charge is -2.08. The summed E-state index contributed by atoms with van der Waals surface area (Å²) in [5, 5.41) is 14.0. The predicted molar refractivity (Wildman–Crippen MR) is 78.0 cm³/mol. The Hall–Kier alpha value is -1.10. The summed E-state index contributed by atoms with van der Waals surface area (Å²) in [5.74, 6) is 0.715. The molecule has 0 bridgehead atoms. The summed E-state index contributed by atoms with van der Waals surface area (Å²) in [7, 11) is 0. The van der Waals surface area contributed by atoms with E-state index in [1.54, 1.807) is 6.07 Å². The Morgan fingerprint density at radius 3 is 2.72 bits per heavy atom. The Balaban J connectivity index is 2.49. The van der Waals surface area contributed by atoms with E-state index in [1.165, 1.54) is 12.5 Å². The van der Waals surface area contributed by atoms with Gasteiger partial charge in [0, 0.05) is 17.1 Å². The van der Waals surface area contributed by atoms with Crippen LogP contribution in [0.4, 0.5) is 11.4 Å². The van der Waals surface area contributed by atoms with Crippen molar-refractivity contribution in [3.8, 4) is 0 Å². The van der Waals surface area contributed by atoms with Crippen molar-refractivity contribution in [1.82, 2.24) is 0 Å². The second-order valence-electron chi connectivity index (χ2n) is 4.73. The first-order valence-electron chi connectivity index (χ1n) is 6.18. The molecule has 0 aliphatic heterocycles. The normalized spacial score (nSPS) is 10.7. The van der Waals surface area contributed by atoms with Gasteiger partial charge in [0.2, 0.25) is 0 Å². The van der Waals surface area contributed by atoms with Gasteiger partial charge in [-0.3, -0.25) is 10.1 Å². The highest BCUT2D eigenvalue weighted by Crippen LogP contribution is 2.27. The van der Waals surface area contributed by atoms with Gasteiger partial charge >= 0.3 is 0 Å². The molecule has 0 spiro atoms. The molecule has 4 nitrogen and oxygen atoms in total. The zero-order valence-electron chi connectivity index (χ0n) is 10.8. The molecule has 18 heavy (non-hydrogen) atoms. The van der Waals surface area contributed by atoms with Gasteiger partial charge < -0.3 is 5.32 Å². The Labute approximate surface area is 116 Å². The number of nitro groups is 1. The van der Waals surface area contributed by atoms with Crippen LogP contribution in [0.1, 0.15) is 33.1 Å². The molecule has 0 amide bonds. The number of anilines is 1. The first-order valence-corrected chi connectivity index (χ1v) is 6.98. The van der Waals surface area contributed by atoms with Gasteiger partial charge in [-0.1, -0.05) is 42.6 Å². The third-order valence-electron chi connectivity index (χ3n) is 2.68. The van der Waals surface area contributed by atoms with Crippen LogP contribution in [0.15, 0.2) is 22.7 Å². The number of nitro benzene ring substituents is 1. The number of benzene rings is 1. The summed E-state index contributed by atoms with van der Waals surface area (Å²) in [6, 6.07) is 5.07. The first kappa shape index (κ1) is 15.0. The van der Waals surface area contributed by atoms with Crippen LogP contribution in [0.25, 0.3) is 0 Å². The number of unbranched alkanes of at least 4 members (excludes halogenated alkanes) is 1. The number of nitrogens with zero attached hydrogens (tertiary/aromatic N) is 1. The lowest BCUT2D eigenvalue weighted by Crippen LogP contribution is -2.04. The van der Waals surface area contributed by atoms with E-state index < -0.39 is 0 Å².